The highest BCUT2D eigenvalue weighted by atomic mass is 32.2. The molecule has 29 heavy (non-hydrogen) atoms. The Labute approximate surface area is 168 Å². The predicted molar refractivity (Wildman–Crippen MR) is 103 cm³/mol. The topological polar surface area (TPSA) is 98.5 Å². The van der Waals surface area contributed by atoms with Crippen LogP contribution in [0.25, 0.3) is 0 Å². The molecule has 0 unspecified atom stereocenters. The quantitative estimate of drug-likeness (QED) is 0.625. The van der Waals surface area contributed by atoms with Crippen LogP contribution in [-0.4, -0.2) is 68.9 Å². The van der Waals surface area contributed by atoms with E-state index in [0.717, 1.165) is 0 Å². The van der Waals surface area contributed by atoms with Crippen molar-refractivity contribution < 1.29 is 31.8 Å². The molecule has 9 nitrogen and oxygen atoms in total. The van der Waals surface area contributed by atoms with Crippen LogP contribution in [-0.2, 0) is 10.0 Å². The largest absolute Gasteiger partial charge is 0.493 e. The predicted octanol–water partition coefficient (Wildman–Crippen LogP) is 1.56. The monoisotopic (exact) mass is 422 g/mol. The Hall–Kier alpha value is -2.72. The number of amides is 1. The second-order valence-electron chi connectivity index (χ2n) is 6.70. The van der Waals surface area contributed by atoms with Crippen molar-refractivity contribution in [2.75, 3.05) is 45.3 Å². The highest BCUT2D eigenvalue weighted by molar-refractivity contribution is 7.89. The van der Waals surface area contributed by atoms with E-state index >= 15 is 0 Å². The lowest BCUT2D eigenvalue weighted by molar-refractivity contribution is 0.0666. The standard InChI is InChI=1S/C19H22N2O7S/c22-19(17-3-1-10-26-17)20-6-8-21(9-7-20)29(23,24)12-2-11-25-15-4-5-16-18(13-15)28-14-27-16/h1,3-5,10,13H,2,6-9,11-12,14H2. The summed E-state index contributed by atoms with van der Waals surface area (Å²) < 4.78 is 47.8. The lowest BCUT2D eigenvalue weighted by atomic mass is 10.3. The minimum Gasteiger partial charge on any atom is -0.493 e. The van der Waals surface area contributed by atoms with Crippen molar-refractivity contribution >= 4 is 15.9 Å². The van der Waals surface area contributed by atoms with Gasteiger partial charge in [-0.15, -0.1) is 0 Å². The van der Waals surface area contributed by atoms with E-state index in [2.05, 4.69) is 0 Å². The minimum absolute atomic E-state index is 0.0102. The van der Waals surface area contributed by atoms with Gasteiger partial charge < -0.3 is 23.5 Å². The fourth-order valence-corrected chi connectivity index (χ4v) is 4.71. The number of hydrogen-bond donors (Lipinski definition) is 0. The van der Waals surface area contributed by atoms with Gasteiger partial charge in [0.15, 0.2) is 17.3 Å². The molecule has 2 aliphatic heterocycles. The van der Waals surface area contributed by atoms with Gasteiger partial charge in [0.25, 0.3) is 5.91 Å². The molecule has 0 bridgehead atoms. The Balaban J connectivity index is 1.22. The maximum absolute atomic E-state index is 12.6. The molecule has 0 atom stereocenters. The minimum atomic E-state index is -3.40. The first-order valence-electron chi connectivity index (χ1n) is 9.36. The fourth-order valence-electron chi connectivity index (χ4n) is 3.25. The maximum atomic E-state index is 12.6. The summed E-state index contributed by atoms with van der Waals surface area (Å²) in [5.41, 5.74) is 0. The summed E-state index contributed by atoms with van der Waals surface area (Å²) in [4.78, 5) is 13.9. The molecule has 0 saturated carbocycles. The summed E-state index contributed by atoms with van der Waals surface area (Å²) in [6.07, 6.45) is 1.81. The van der Waals surface area contributed by atoms with Gasteiger partial charge in [-0.3, -0.25) is 4.79 Å². The fraction of sp³-hybridized carbons (Fsp3) is 0.421. The van der Waals surface area contributed by atoms with Crippen molar-refractivity contribution in [3.05, 3.63) is 42.4 Å². The first-order chi connectivity index (χ1) is 14.0. The van der Waals surface area contributed by atoms with E-state index in [9.17, 15) is 13.2 Å². The van der Waals surface area contributed by atoms with E-state index < -0.39 is 10.0 Å². The molecule has 0 spiro atoms. The summed E-state index contributed by atoms with van der Waals surface area (Å²) in [5, 5.41) is 0. The van der Waals surface area contributed by atoms with Gasteiger partial charge in [-0.2, -0.15) is 4.31 Å². The van der Waals surface area contributed by atoms with Crippen molar-refractivity contribution in [2.24, 2.45) is 0 Å². The zero-order valence-electron chi connectivity index (χ0n) is 15.8. The Morgan fingerprint density at radius 2 is 1.86 bits per heavy atom. The van der Waals surface area contributed by atoms with Crippen molar-refractivity contribution in [3.63, 3.8) is 0 Å². The lowest BCUT2D eigenvalue weighted by Crippen LogP contribution is -2.51. The number of benzene rings is 1. The maximum Gasteiger partial charge on any atom is 0.289 e. The van der Waals surface area contributed by atoms with E-state index in [1.165, 1.54) is 10.6 Å². The Morgan fingerprint density at radius 3 is 2.62 bits per heavy atom. The molecule has 1 fully saturated rings. The van der Waals surface area contributed by atoms with Crippen LogP contribution in [0.5, 0.6) is 17.2 Å². The number of carbonyl (C=O) groups excluding carboxylic acids is 1. The Kier molecular flexibility index (Phi) is 5.63. The smallest absolute Gasteiger partial charge is 0.289 e. The number of fused-ring (bicyclic) bond motifs is 1. The molecule has 0 aliphatic carbocycles. The van der Waals surface area contributed by atoms with Crippen LogP contribution < -0.4 is 14.2 Å². The molecule has 0 radical (unpaired) electrons. The highest BCUT2D eigenvalue weighted by Gasteiger charge is 2.29. The number of nitrogens with zero attached hydrogens (tertiary/aromatic N) is 2. The lowest BCUT2D eigenvalue weighted by Gasteiger charge is -2.33. The van der Waals surface area contributed by atoms with Crippen molar-refractivity contribution in [1.29, 1.82) is 0 Å². The van der Waals surface area contributed by atoms with Crippen LogP contribution in [0.1, 0.15) is 17.0 Å². The zero-order valence-corrected chi connectivity index (χ0v) is 16.6. The van der Waals surface area contributed by atoms with Crippen LogP contribution in [0, 0.1) is 0 Å². The third kappa shape index (κ3) is 4.48. The van der Waals surface area contributed by atoms with E-state index in [0.29, 0.717) is 36.8 Å². The highest BCUT2D eigenvalue weighted by Crippen LogP contribution is 2.35. The molecule has 4 rings (SSSR count). The van der Waals surface area contributed by atoms with Gasteiger partial charge in [-0.25, -0.2) is 8.42 Å². The van der Waals surface area contributed by atoms with Crippen LogP contribution in [0.4, 0.5) is 0 Å². The van der Waals surface area contributed by atoms with Crippen LogP contribution in [0.15, 0.2) is 41.0 Å². The summed E-state index contributed by atoms with van der Waals surface area (Å²) >= 11 is 0. The number of sulfonamides is 1. The van der Waals surface area contributed by atoms with Crippen LogP contribution in [0.2, 0.25) is 0 Å². The number of furan rings is 1. The Bertz CT molecular complexity index is 951. The number of hydrogen-bond acceptors (Lipinski definition) is 7. The first kappa shape index (κ1) is 19.6. The normalized spacial score (nSPS) is 16.8. The average Bonchev–Trinajstić information content (AvgIpc) is 3.42. The van der Waals surface area contributed by atoms with Gasteiger partial charge in [0.1, 0.15) is 5.75 Å². The number of rotatable bonds is 7. The molecule has 1 saturated heterocycles. The number of ether oxygens (including phenoxy) is 3. The number of carbonyl (C=O) groups is 1. The molecular formula is C19H22N2O7S. The summed E-state index contributed by atoms with van der Waals surface area (Å²) in [6, 6.07) is 8.51. The molecule has 1 aromatic heterocycles. The van der Waals surface area contributed by atoms with Crippen molar-refractivity contribution in [3.8, 4) is 17.2 Å². The second kappa shape index (κ2) is 8.34. The average molecular weight is 422 g/mol. The number of piperazine rings is 1. The molecule has 10 heteroatoms. The van der Waals surface area contributed by atoms with Gasteiger partial charge in [0.05, 0.1) is 18.6 Å². The molecule has 2 aliphatic rings. The third-order valence-corrected chi connectivity index (χ3v) is 6.77. The van der Waals surface area contributed by atoms with Gasteiger partial charge in [0.2, 0.25) is 16.8 Å². The third-order valence-electron chi connectivity index (χ3n) is 4.81. The summed E-state index contributed by atoms with van der Waals surface area (Å²) in [5.74, 6) is 1.94. The van der Waals surface area contributed by atoms with E-state index in [1.807, 2.05) is 0 Å². The SMILES string of the molecule is O=C(c1ccco1)N1CCN(S(=O)(=O)CCCOc2ccc3c(c2)OCO3)CC1. The van der Waals surface area contributed by atoms with Crippen LogP contribution >= 0.6 is 0 Å². The first-order valence-corrected chi connectivity index (χ1v) is 11.0. The van der Waals surface area contributed by atoms with Crippen molar-refractivity contribution in [2.45, 2.75) is 6.42 Å². The molecule has 1 aromatic carbocycles. The van der Waals surface area contributed by atoms with Crippen molar-refractivity contribution in [1.82, 2.24) is 9.21 Å². The van der Waals surface area contributed by atoms with Gasteiger partial charge in [-0.05, 0) is 30.7 Å². The van der Waals surface area contributed by atoms with E-state index in [4.69, 9.17) is 18.6 Å². The van der Waals surface area contributed by atoms with Gasteiger partial charge >= 0.3 is 0 Å². The van der Waals surface area contributed by atoms with Gasteiger partial charge in [-0.1, -0.05) is 0 Å². The van der Waals surface area contributed by atoms with E-state index in [1.54, 1.807) is 35.2 Å². The van der Waals surface area contributed by atoms with E-state index in [-0.39, 0.29) is 43.9 Å². The molecular weight excluding hydrogens is 400 g/mol. The Morgan fingerprint density at radius 1 is 1.07 bits per heavy atom. The second-order valence-corrected chi connectivity index (χ2v) is 8.79. The summed E-state index contributed by atoms with van der Waals surface area (Å²) in [7, 11) is -3.40. The molecule has 2 aromatic rings. The molecule has 0 N–H and O–H groups in total. The molecule has 156 valence electrons. The summed E-state index contributed by atoms with van der Waals surface area (Å²) in [6.45, 7) is 1.70. The van der Waals surface area contributed by atoms with Gasteiger partial charge in [0, 0.05) is 32.2 Å². The molecule has 3 heterocycles. The zero-order chi connectivity index (χ0) is 20.3. The molecule has 1 amide bonds. The van der Waals surface area contributed by atoms with Crippen LogP contribution in [0.3, 0.4) is 0 Å².